The Morgan fingerprint density at radius 3 is 2.24 bits per heavy atom. The molecular formula is C16H20BN2O2. The summed E-state index contributed by atoms with van der Waals surface area (Å²) in [5.74, 6) is 0. The van der Waals surface area contributed by atoms with Gasteiger partial charge in [0, 0.05) is 12.4 Å². The van der Waals surface area contributed by atoms with Gasteiger partial charge >= 0.3 is 7.48 Å². The van der Waals surface area contributed by atoms with Crippen LogP contribution >= 0.6 is 0 Å². The third-order valence-corrected chi connectivity index (χ3v) is 3.68. The van der Waals surface area contributed by atoms with Gasteiger partial charge in [-0.1, -0.05) is 12.1 Å². The molecule has 5 heteroatoms. The van der Waals surface area contributed by atoms with Crippen molar-refractivity contribution in [2.45, 2.75) is 38.9 Å². The van der Waals surface area contributed by atoms with E-state index in [0.29, 0.717) is 0 Å². The van der Waals surface area contributed by atoms with Gasteiger partial charge in [0.25, 0.3) is 0 Å². The van der Waals surface area contributed by atoms with E-state index in [2.05, 4.69) is 9.97 Å². The third kappa shape index (κ3) is 3.89. The van der Waals surface area contributed by atoms with E-state index >= 15 is 0 Å². The second-order valence-corrected chi connectivity index (χ2v) is 6.00. The van der Waals surface area contributed by atoms with Crippen LogP contribution in [0.1, 0.15) is 27.7 Å². The summed E-state index contributed by atoms with van der Waals surface area (Å²) in [4.78, 5) is 8.63. The number of pyridine rings is 2. The zero-order valence-corrected chi connectivity index (χ0v) is 12.9. The van der Waals surface area contributed by atoms with Gasteiger partial charge in [-0.15, -0.1) is 0 Å². The molecule has 0 aliphatic carbocycles. The van der Waals surface area contributed by atoms with Crippen molar-refractivity contribution in [2.24, 2.45) is 0 Å². The number of hydrogen-bond donors (Lipinski definition) is 1. The lowest BCUT2D eigenvalue weighted by atomic mass is 9.83. The first-order chi connectivity index (χ1) is 9.79. The Hall–Kier alpha value is -1.72. The number of rotatable bonds is 5. The molecule has 109 valence electrons. The van der Waals surface area contributed by atoms with Crippen LogP contribution in [0.25, 0.3) is 11.4 Å². The predicted molar refractivity (Wildman–Crippen MR) is 84.3 cm³/mol. The number of aliphatic hydroxyl groups is 1. The molecule has 2 heterocycles. The average Bonchev–Trinajstić information content (AvgIpc) is 2.45. The van der Waals surface area contributed by atoms with Crippen LogP contribution in [0.15, 0.2) is 42.7 Å². The summed E-state index contributed by atoms with van der Waals surface area (Å²) in [6.07, 6.45) is 3.47. The van der Waals surface area contributed by atoms with Crippen molar-refractivity contribution in [3.8, 4) is 11.4 Å². The maximum Gasteiger partial charge on any atom is 0.332 e. The maximum absolute atomic E-state index is 10.0. The van der Waals surface area contributed by atoms with Crippen molar-refractivity contribution < 1.29 is 9.76 Å². The molecule has 21 heavy (non-hydrogen) atoms. The summed E-state index contributed by atoms with van der Waals surface area (Å²) in [7, 11) is 1.62. The first-order valence-corrected chi connectivity index (χ1v) is 6.90. The molecule has 0 aliphatic heterocycles. The van der Waals surface area contributed by atoms with E-state index in [-0.39, 0.29) is 0 Å². The molecule has 2 rings (SSSR count). The Morgan fingerprint density at radius 1 is 1.00 bits per heavy atom. The Labute approximate surface area is 126 Å². The van der Waals surface area contributed by atoms with Crippen molar-refractivity contribution >= 4 is 12.9 Å². The first-order valence-electron chi connectivity index (χ1n) is 6.90. The lowest BCUT2D eigenvalue weighted by Gasteiger charge is -2.37. The van der Waals surface area contributed by atoms with E-state index in [0.717, 1.165) is 16.9 Å². The van der Waals surface area contributed by atoms with E-state index in [1.807, 2.05) is 44.2 Å². The lowest BCUT2D eigenvalue weighted by molar-refractivity contribution is -0.0893. The van der Waals surface area contributed by atoms with E-state index < -0.39 is 11.2 Å². The largest absolute Gasteiger partial charge is 0.427 e. The molecule has 4 nitrogen and oxygen atoms in total. The number of aromatic nitrogens is 2. The number of nitrogens with zero attached hydrogens (tertiary/aromatic N) is 2. The van der Waals surface area contributed by atoms with Crippen LogP contribution in [0.5, 0.6) is 0 Å². The Bertz CT molecular complexity index is 577. The quantitative estimate of drug-likeness (QED) is 0.852. The molecule has 0 bridgehead atoms. The van der Waals surface area contributed by atoms with Gasteiger partial charge in [0.1, 0.15) is 0 Å². The summed E-state index contributed by atoms with van der Waals surface area (Å²) >= 11 is 0. The minimum absolute atomic E-state index is 0.688. The highest BCUT2D eigenvalue weighted by Crippen LogP contribution is 2.24. The standard InChI is InChI=1S/C16H20BN2O2/c1-15(2,20)16(3,4)21-17-12-8-9-14(19-11-12)13-7-5-6-10-18-13/h5-11,20H,1-4H3. The van der Waals surface area contributed by atoms with Gasteiger partial charge in [0.2, 0.25) is 0 Å². The highest BCUT2D eigenvalue weighted by atomic mass is 16.5. The van der Waals surface area contributed by atoms with Crippen LogP contribution < -0.4 is 5.46 Å². The Morgan fingerprint density at radius 2 is 1.71 bits per heavy atom. The predicted octanol–water partition coefficient (Wildman–Crippen LogP) is 1.95. The summed E-state index contributed by atoms with van der Waals surface area (Å²) in [6.45, 7) is 7.14. The van der Waals surface area contributed by atoms with Crippen molar-refractivity contribution in [3.05, 3.63) is 42.7 Å². The van der Waals surface area contributed by atoms with E-state index in [1.165, 1.54) is 0 Å². The summed E-state index contributed by atoms with van der Waals surface area (Å²) < 4.78 is 5.69. The van der Waals surface area contributed by atoms with Crippen molar-refractivity contribution in [3.63, 3.8) is 0 Å². The molecule has 0 amide bonds. The zero-order chi connectivity index (χ0) is 15.5. The minimum Gasteiger partial charge on any atom is -0.427 e. The highest BCUT2D eigenvalue weighted by molar-refractivity contribution is 6.46. The van der Waals surface area contributed by atoms with E-state index in [4.69, 9.17) is 4.65 Å². The highest BCUT2D eigenvalue weighted by Gasteiger charge is 2.35. The summed E-state index contributed by atoms with van der Waals surface area (Å²) in [5, 5.41) is 10.0. The van der Waals surface area contributed by atoms with Gasteiger partial charge in [-0.05, 0) is 51.4 Å². The van der Waals surface area contributed by atoms with Gasteiger partial charge in [-0.25, -0.2) is 0 Å². The van der Waals surface area contributed by atoms with Crippen LogP contribution in [0, 0.1) is 0 Å². The molecule has 0 aliphatic rings. The molecule has 0 spiro atoms. The first kappa shape index (κ1) is 15.7. The van der Waals surface area contributed by atoms with Crippen molar-refractivity contribution in [2.75, 3.05) is 0 Å². The second-order valence-electron chi connectivity index (χ2n) is 6.00. The van der Waals surface area contributed by atoms with Crippen LogP contribution in [0.4, 0.5) is 0 Å². The second kappa shape index (κ2) is 5.96. The summed E-state index contributed by atoms with van der Waals surface area (Å²) in [6, 6.07) is 9.53. The molecule has 2 aromatic heterocycles. The fraction of sp³-hybridized carbons (Fsp3) is 0.375. The molecule has 1 N–H and O–H groups in total. The molecule has 0 unspecified atom stereocenters. The lowest BCUT2D eigenvalue weighted by Crippen LogP contribution is -2.49. The van der Waals surface area contributed by atoms with Crippen molar-refractivity contribution in [1.29, 1.82) is 0 Å². The molecule has 0 saturated heterocycles. The molecule has 0 saturated carbocycles. The minimum atomic E-state index is -0.940. The average molecular weight is 283 g/mol. The van der Waals surface area contributed by atoms with Crippen LogP contribution in [0.2, 0.25) is 0 Å². The fourth-order valence-electron chi connectivity index (χ4n) is 1.50. The van der Waals surface area contributed by atoms with Gasteiger partial charge in [0.05, 0.1) is 22.6 Å². The van der Waals surface area contributed by atoms with Gasteiger partial charge in [0.15, 0.2) is 0 Å². The van der Waals surface area contributed by atoms with E-state index in [1.54, 1.807) is 33.7 Å². The monoisotopic (exact) mass is 283 g/mol. The Kier molecular flexibility index (Phi) is 4.44. The summed E-state index contributed by atoms with van der Waals surface area (Å²) in [5.41, 5.74) is 0.862. The smallest absolute Gasteiger partial charge is 0.332 e. The van der Waals surface area contributed by atoms with Crippen molar-refractivity contribution in [1.82, 2.24) is 9.97 Å². The fourth-order valence-corrected chi connectivity index (χ4v) is 1.50. The maximum atomic E-state index is 10.0. The zero-order valence-electron chi connectivity index (χ0n) is 12.9. The van der Waals surface area contributed by atoms with E-state index in [9.17, 15) is 5.11 Å². The SMILES string of the molecule is CC(C)(O)C(C)(C)O[B]c1ccc(-c2ccccn2)nc1. The third-order valence-electron chi connectivity index (χ3n) is 3.68. The number of hydrogen-bond acceptors (Lipinski definition) is 4. The molecule has 0 fully saturated rings. The van der Waals surface area contributed by atoms with Crippen LogP contribution in [0.3, 0.4) is 0 Å². The van der Waals surface area contributed by atoms with Gasteiger partial charge in [-0.2, -0.15) is 0 Å². The molecular weight excluding hydrogens is 263 g/mol. The Balaban J connectivity index is 2.04. The topological polar surface area (TPSA) is 55.2 Å². The van der Waals surface area contributed by atoms with Gasteiger partial charge in [-0.3, -0.25) is 9.97 Å². The van der Waals surface area contributed by atoms with Crippen LogP contribution in [-0.4, -0.2) is 33.8 Å². The molecule has 0 aromatic carbocycles. The normalized spacial score (nSPS) is 12.2. The molecule has 2 aromatic rings. The molecule has 1 radical (unpaired) electrons. The molecule has 0 atom stereocenters. The van der Waals surface area contributed by atoms with Gasteiger partial charge < -0.3 is 9.76 Å². The van der Waals surface area contributed by atoms with Crippen LogP contribution in [-0.2, 0) is 4.65 Å².